The lowest BCUT2D eigenvalue weighted by Gasteiger charge is -2.18. The van der Waals surface area contributed by atoms with Crippen molar-refractivity contribution in [2.24, 2.45) is 0 Å². The highest BCUT2D eigenvalue weighted by molar-refractivity contribution is 7.90. The quantitative estimate of drug-likeness (QED) is 0.835. The highest BCUT2D eigenvalue weighted by Gasteiger charge is 2.13. The molecule has 0 aliphatic heterocycles. The van der Waals surface area contributed by atoms with Crippen LogP contribution in [0.15, 0.2) is 18.2 Å². The van der Waals surface area contributed by atoms with Gasteiger partial charge in [0.1, 0.15) is 9.84 Å². The standard InChI is InChI=1S/C13H19Cl2NO2S/c1-3-16-13(5-4-8-19(2,17)18)10-6-7-11(14)12(15)9-10/h6-7,9,13,16H,3-5,8H2,1-2H3. The minimum absolute atomic E-state index is 0.0986. The Hall–Kier alpha value is -0.290. The van der Waals surface area contributed by atoms with E-state index < -0.39 is 9.84 Å². The number of benzene rings is 1. The lowest BCUT2D eigenvalue weighted by Crippen LogP contribution is -2.21. The second-order valence-electron chi connectivity index (χ2n) is 4.56. The molecule has 0 radical (unpaired) electrons. The van der Waals surface area contributed by atoms with Gasteiger partial charge in [-0.2, -0.15) is 0 Å². The van der Waals surface area contributed by atoms with Crippen LogP contribution in [0.3, 0.4) is 0 Å². The summed E-state index contributed by atoms with van der Waals surface area (Å²) in [6.07, 6.45) is 2.63. The average molecular weight is 324 g/mol. The fourth-order valence-corrected chi connectivity index (χ4v) is 2.91. The predicted molar refractivity (Wildman–Crippen MR) is 81.8 cm³/mol. The zero-order valence-electron chi connectivity index (χ0n) is 11.1. The average Bonchev–Trinajstić information content (AvgIpc) is 2.30. The monoisotopic (exact) mass is 323 g/mol. The van der Waals surface area contributed by atoms with Gasteiger partial charge in [0.15, 0.2) is 0 Å². The van der Waals surface area contributed by atoms with E-state index >= 15 is 0 Å². The Bertz CT molecular complexity index is 517. The van der Waals surface area contributed by atoms with Crippen LogP contribution >= 0.6 is 23.2 Å². The summed E-state index contributed by atoms with van der Waals surface area (Å²) in [6, 6.07) is 5.61. The molecule has 0 saturated carbocycles. The minimum Gasteiger partial charge on any atom is -0.310 e. The van der Waals surface area contributed by atoms with Crippen molar-refractivity contribution in [1.82, 2.24) is 5.32 Å². The Morgan fingerprint density at radius 2 is 1.95 bits per heavy atom. The van der Waals surface area contributed by atoms with Gasteiger partial charge in [0, 0.05) is 18.1 Å². The summed E-state index contributed by atoms with van der Waals surface area (Å²) in [4.78, 5) is 0. The lowest BCUT2D eigenvalue weighted by atomic mass is 10.0. The van der Waals surface area contributed by atoms with E-state index in [9.17, 15) is 8.42 Å². The SMILES string of the molecule is CCNC(CCCS(C)(=O)=O)c1ccc(Cl)c(Cl)c1. The predicted octanol–water partition coefficient (Wildman–Crippen LogP) is 3.47. The third-order valence-electron chi connectivity index (χ3n) is 2.80. The van der Waals surface area contributed by atoms with Crippen LogP contribution in [0, 0.1) is 0 Å². The molecule has 1 unspecified atom stereocenters. The van der Waals surface area contributed by atoms with Crippen molar-refractivity contribution in [3.05, 3.63) is 33.8 Å². The fraction of sp³-hybridized carbons (Fsp3) is 0.538. The van der Waals surface area contributed by atoms with Crippen LogP contribution in [-0.4, -0.2) is 27.0 Å². The van der Waals surface area contributed by atoms with Gasteiger partial charge in [-0.1, -0.05) is 36.2 Å². The van der Waals surface area contributed by atoms with Gasteiger partial charge in [-0.3, -0.25) is 0 Å². The van der Waals surface area contributed by atoms with Crippen LogP contribution in [0.5, 0.6) is 0 Å². The Morgan fingerprint density at radius 1 is 1.26 bits per heavy atom. The van der Waals surface area contributed by atoms with Crippen LogP contribution in [0.1, 0.15) is 31.4 Å². The van der Waals surface area contributed by atoms with Crippen LogP contribution in [0.25, 0.3) is 0 Å². The van der Waals surface area contributed by atoms with Gasteiger partial charge in [-0.25, -0.2) is 8.42 Å². The first-order valence-corrected chi connectivity index (χ1v) is 9.01. The molecule has 0 aliphatic rings. The highest BCUT2D eigenvalue weighted by Crippen LogP contribution is 2.27. The molecule has 3 nitrogen and oxygen atoms in total. The molecule has 0 spiro atoms. The van der Waals surface area contributed by atoms with Gasteiger partial charge in [0.25, 0.3) is 0 Å². The zero-order chi connectivity index (χ0) is 14.5. The molecule has 1 rings (SSSR count). The highest BCUT2D eigenvalue weighted by atomic mass is 35.5. The summed E-state index contributed by atoms with van der Waals surface area (Å²) in [5, 5.41) is 4.38. The molecule has 0 aromatic heterocycles. The van der Waals surface area contributed by atoms with Crippen molar-refractivity contribution in [1.29, 1.82) is 0 Å². The lowest BCUT2D eigenvalue weighted by molar-refractivity contribution is 0.507. The van der Waals surface area contributed by atoms with E-state index in [2.05, 4.69) is 5.32 Å². The molecule has 0 fully saturated rings. The van der Waals surface area contributed by atoms with Crippen molar-refractivity contribution >= 4 is 33.0 Å². The van der Waals surface area contributed by atoms with Gasteiger partial charge in [0.05, 0.1) is 10.0 Å². The molecule has 0 saturated heterocycles. The van der Waals surface area contributed by atoms with Crippen molar-refractivity contribution in [3.8, 4) is 0 Å². The summed E-state index contributed by atoms with van der Waals surface area (Å²) >= 11 is 11.9. The Kier molecular flexibility index (Phi) is 6.60. The zero-order valence-corrected chi connectivity index (χ0v) is 13.4. The van der Waals surface area contributed by atoms with Gasteiger partial charge in [-0.15, -0.1) is 0 Å². The van der Waals surface area contributed by atoms with E-state index in [4.69, 9.17) is 23.2 Å². The maximum atomic E-state index is 11.1. The van der Waals surface area contributed by atoms with Crippen LogP contribution in [0.2, 0.25) is 10.0 Å². The fourth-order valence-electron chi connectivity index (χ4n) is 1.91. The van der Waals surface area contributed by atoms with Crippen LogP contribution < -0.4 is 5.32 Å². The topological polar surface area (TPSA) is 46.2 Å². The molecule has 1 aromatic rings. The largest absolute Gasteiger partial charge is 0.310 e. The summed E-state index contributed by atoms with van der Waals surface area (Å²) < 4.78 is 22.3. The number of halogens is 2. The maximum Gasteiger partial charge on any atom is 0.147 e. The molecule has 1 atom stereocenters. The molecule has 0 aliphatic carbocycles. The van der Waals surface area contributed by atoms with E-state index in [1.165, 1.54) is 6.26 Å². The summed E-state index contributed by atoms with van der Waals surface area (Å²) in [5.41, 5.74) is 1.03. The van der Waals surface area contributed by atoms with E-state index in [-0.39, 0.29) is 11.8 Å². The molecule has 108 valence electrons. The Morgan fingerprint density at radius 3 is 2.47 bits per heavy atom. The third-order valence-corrected chi connectivity index (χ3v) is 4.57. The minimum atomic E-state index is -2.91. The van der Waals surface area contributed by atoms with Crippen molar-refractivity contribution in [3.63, 3.8) is 0 Å². The van der Waals surface area contributed by atoms with E-state index in [0.717, 1.165) is 18.5 Å². The Balaban J connectivity index is 2.73. The van der Waals surface area contributed by atoms with Crippen molar-refractivity contribution < 1.29 is 8.42 Å². The summed E-state index contributed by atoms with van der Waals surface area (Å²) in [6.45, 7) is 2.82. The van der Waals surface area contributed by atoms with Gasteiger partial charge in [0.2, 0.25) is 0 Å². The maximum absolute atomic E-state index is 11.1. The molecule has 0 bridgehead atoms. The Labute approximate surface area is 125 Å². The molecule has 1 aromatic carbocycles. The van der Waals surface area contributed by atoms with Crippen molar-refractivity contribution in [2.45, 2.75) is 25.8 Å². The number of nitrogens with one attached hydrogen (secondary N) is 1. The van der Waals surface area contributed by atoms with Crippen LogP contribution in [0.4, 0.5) is 0 Å². The van der Waals surface area contributed by atoms with Gasteiger partial charge >= 0.3 is 0 Å². The van der Waals surface area contributed by atoms with E-state index in [0.29, 0.717) is 16.5 Å². The van der Waals surface area contributed by atoms with Gasteiger partial charge < -0.3 is 5.32 Å². The smallest absolute Gasteiger partial charge is 0.147 e. The molecular formula is C13H19Cl2NO2S. The molecule has 19 heavy (non-hydrogen) atoms. The number of sulfone groups is 1. The van der Waals surface area contributed by atoms with E-state index in [1.807, 2.05) is 19.1 Å². The molecular weight excluding hydrogens is 305 g/mol. The normalized spacial score (nSPS) is 13.5. The molecule has 0 amide bonds. The van der Waals surface area contributed by atoms with E-state index in [1.54, 1.807) is 6.07 Å². The number of hydrogen-bond donors (Lipinski definition) is 1. The number of rotatable bonds is 7. The third kappa shape index (κ3) is 6.13. The summed E-state index contributed by atoms with van der Waals surface area (Å²) in [7, 11) is -2.91. The summed E-state index contributed by atoms with van der Waals surface area (Å²) in [5.74, 6) is 0.205. The first-order valence-electron chi connectivity index (χ1n) is 6.19. The first-order chi connectivity index (χ1) is 8.83. The second kappa shape index (κ2) is 7.48. The second-order valence-corrected chi connectivity index (χ2v) is 7.63. The van der Waals surface area contributed by atoms with Crippen molar-refractivity contribution in [2.75, 3.05) is 18.6 Å². The molecule has 1 N–H and O–H groups in total. The molecule has 0 heterocycles. The first kappa shape index (κ1) is 16.8. The number of hydrogen-bond acceptors (Lipinski definition) is 3. The van der Waals surface area contributed by atoms with Crippen LogP contribution in [-0.2, 0) is 9.84 Å². The van der Waals surface area contributed by atoms with Gasteiger partial charge in [-0.05, 0) is 37.1 Å². The molecule has 6 heteroatoms.